The highest BCUT2D eigenvalue weighted by Gasteiger charge is 2.28. The first-order valence-corrected chi connectivity index (χ1v) is 7.86. The maximum absolute atomic E-state index is 12.2. The number of carbonyl (C=O) groups excluding carboxylic acids is 2. The van der Waals surface area contributed by atoms with Gasteiger partial charge >= 0.3 is 0 Å². The normalized spacial score (nSPS) is 19.6. The van der Waals surface area contributed by atoms with E-state index in [1.165, 1.54) is 0 Å². The lowest BCUT2D eigenvalue weighted by molar-refractivity contribution is -0.135. The van der Waals surface area contributed by atoms with Gasteiger partial charge in [-0.15, -0.1) is 12.4 Å². The van der Waals surface area contributed by atoms with Gasteiger partial charge in [-0.1, -0.05) is 13.3 Å². The van der Waals surface area contributed by atoms with Crippen molar-refractivity contribution in [2.45, 2.75) is 58.4 Å². The van der Waals surface area contributed by atoms with Crippen molar-refractivity contribution >= 4 is 24.2 Å². The van der Waals surface area contributed by atoms with Crippen molar-refractivity contribution in [1.82, 2.24) is 10.2 Å². The molecule has 1 fully saturated rings. The summed E-state index contributed by atoms with van der Waals surface area (Å²) in [5.41, 5.74) is 5.43. The third-order valence-corrected chi connectivity index (χ3v) is 3.85. The van der Waals surface area contributed by atoms with Gasteiger partial charge in [0.15, 0.2) is 0 Å². The first kappa shape index (κ1) is 20.2. The SMILES string of the molecule is CCCC(C)NC(=O)C1CCCN(C(=O)CCCN)C1.Cl. The molecule has 1 rings (SSSR count). The number of hydrogen-bond donors (Lipinski definition) is 2. The molecule has 6 heteroatoms. The smallest absolute Gasteiger partial charge is 0.225 e. The summed E-state index contributed by atoms with van der Waals surface area (Å²) >= 11 is 0. The predicted octanol–water partition coefficient (Wildman–Crippen LogP) is 1.69. The molecule has 0 aromatic heterocycles. The van der Waals surface area contributed by atoms with Crippen LogP contribution in [-0.2, 0) is 9.59 Å². The Hall–Kier alpha value is -0.810. The Morgan fingerprint density at radius 1 is 1.43 bits per heavy atom. The fourth-order valence-corrected chi connectivity index (χ4v) is 2.69. The fraction of sp³-hybridized carbons (Fsp3) is 0.867. The van der Waals surface area contributed by atoms with E-state index in [1.807, 2.05) is 11.8 Å². The molecule has 0 aromatic carbocycles. The average molecular weight is 320 g/mol. The number of carbonyl (C=O) groups is 2. The number of rotatable bonds is 7. The zero-order chi connectivity index (χ0) is 15.0. The van der Waals surface area contributed by atoms with E-state index in [1.54, 1.807) is 0 Å². The van der Waals surface area contributed by atoms with Crippen LogP contribution in [-0.4, -0.2) is 42.4 Å². The third kappa shape index (κ3) is 7.14. The van der Waals surface area contributed by atoms with Crippen molar-refractivity contribution in [3.05, 3.63) is 0 Å². The van der Waals surface area contributed by atoms with Gasteiger partial charge in [0.1, 0.15) is 0 Å². The van der Waals surface area contributed by atoms with Crippen LogP contribution in [0.4, 0.5) is 0 Å². The van der Waals surface area contributed by atoms with Gasteiger partial charge in [0.25, 0.3) is 0 Å². The van der Waals surface area contributed by atoms with Gasteiger partial charge in [0, 0.05) is 25.6 Å². The molecular weight excluding hydrogens is 290 g/mol. The maximum atomic E-state index is 12.2. The molecule has 1 aliphatic heterocycles. The highest BCUT2D eigenvalue weighted by Crippen LogP contribution is 2.18. The molecule has 1 saturated heterocycles. The molecule has 0 radical (unpaired) electrons. The highest BCUT2D eigenvalue weighted by atomic mass is 35.5. The second kappa shape index (κ2) is 10.9. The Morgan fingerprint density at radius 2 is 2.14 bits per heavy atom. The Labute approximate surface area is 134 Å². The number of amides is 2. The van der Waals surface area contributed by atoms with E-state index >= 15 is 0 Å². The number of nitrogens with one attached hydrogen (secondary N) is 1. The molecule has 2 amide bonds. The molecule has 2 atom stereocenters. The van der Waals surface area contributed by atoms with Crippen molar-refractivity contribution in [1.29, 1.82) is 0 Å². The average Bonchev–Trinajstić information content (AvgIpc) is 2.45. The van der Waals surface area contributed by atoms with E-state index in [0.29, 0.717) is 19.5 Å². The van der Waals surface area contributed by atoms with Crippen molar-refractivity contribution in [2.24, 2.45) is 11.7 Å². The van der Waals surface area contributed by atoms with E-state index in [-0.39, 0.29) is 36.2 Å². The molecule has 124 valence electrons. The second-order valence-corrected chi connectivity index (χ2v) is 5.77. The van der Waals surface area contributed by atoms with Gasteiger partial charge < -0.3 is 16.0 Å². The number of piperidine rings is 1. The van der Waals surface area contributed by atoms with Crippen LogP contribution in [0, 0.1) is 5.92 Å². The number of nitrogens with zero attached hydrogens (tertiary/aromatic N) is 1. The minimum absolute atomic E-state index is 0. The summed E-state index contributed by atoms with van der Waals surface area (Å²) in [6.07, 6.45) is 5.07. The highest BCUT2D eigenvalue weighted by molar-refractivity contribution is 5.85. The van der Waals surface area contributed by atoms with Gasteiger partial charge in [-0.05, 0) is 39.2 Å². The third-order valence-electron chi connectivity index (χ3n) is 3.85. The van der Waals surface area contributed by atoms with E-state index in [0.717, 1.165) is 38.6 Å². The van der Waals surface area contributed by atoms with E-state index < -0.39 is 0 Å². The van der Waals surface area contributed by atoms with Crippen LogP contribution in [0.5, 0.6) is 0 Å². The Bertz CT molecular complexity index is 326. The van der Waals surface area contributed by atoms with Crippen LogP contribution >= 0.6 is 12.4 Å². The number of nitrogens with two attached hydrogens (primary N) is 1. The first-order chi connectivity index (χ1) is 9.58. The molecule has 2 unspecified atom stereocenters. The van der Waals surface area contributed by atoms with Crippen LogP contribution in [0.1, 0.15) is 52.4 Å². The summed E-state index contributed by atoms with van der Waals surface area (Å²) in [5, 5.41) is 3.06. The lowest BCUT2D eigenvalue weighted by Crippen LogP contribution is -2.47. The quantitative estimate of drug-likeness (QED) is 0.750. The summed E-state index contributed by atoms with van der Waals surface area (Å²) < 4.78 is 0. The summed E-state index contributed by atoms with van der Waals surface area (Å²) in [5.74, 6) is 0.182. The Balaban J connectivity index is 0.00000400. The van der Waals surface area contributed by atoms with Crippen LogP contribution in [0.2, 0.25) is 0 Å². The monoisotopic (exact) mass is 319 g/mol. The Kier molecular flexibility index (Phi) is 10.4. The molecule has 1 heterocycles. The van der Waals surface area contributed by atoms with E-state index in [4.69, 9.17) is 5.73 Å². The molecule has 1 aliphatic rings. The zero-order valence-electron chi connectivity index (χ0n) is 13.3. The van der Waals surface area contributed by atoms with Crippen LogP contribution < -0.4 is 11.1 Å². The molecule has 0 aliphatic carbocycles. The topological polar surface area (TPSA) is 75.4 Å². The molecule has 3 N–H and O–H groups in total. The predicted molar refractivity (Wildman–Crippen MR) is 87.4 cm³/mol. The molecule has 0 saturated carbocycles. The molecule has 0 bridgehead atoms. The molecule has 5 nitrogen and oxygen atoms in total. The van der Waals surface area contributed by atoms with Crippen molar-refractivity contribution < 1.29 is 9.59 Å². The fourth-order valence-electron chi connectivity index (χ4n) is 2.69. The lowest BCUT2D eigenvalue weighted by Gasteiger charge is -2.32. The van der Waals surface area contributed by atoms with Gasteiger partial charge in [0.05, 0.1) is 5.92 Å². The maximum Gasteiger partial charge on any atom is 0.225 e. The number of likely N-dealkylation sites (tertiary alicyclic amines) is 1. The first-order valence-electron chi connectivity index (χ1n) is 7.86. The molecule has 0 spiro atoms. The molecular formula is C15H30ClN3O2. The summed E-state index contributed by atoms with van der Waals surface area (Å²) in [7, 11) is 0. The van der Waals surface area contributed by atoms with E-state index in [2.05, 4.69) is 12.2 Å². The summed E-state index contributed by atoms with van der Waals surface area (Å²) in [6.45, 7) is 6.03. The van der Waals surface area contributed by atoms with E-state index in [9.17, 15) is 9.59 Å². The summed E-state index contributed by atoms with van der Waals surface area (Å²) in [6, 6.07) is 0.218. The largest absolute Gasteiger partial charge is 0.353 e. The minimum Gasteiger partial charge on any atom is -0.353 e. The van der Waals surface area contributed by atoms with Gasteiger partial charge in [-0.25, -0.2) is 0 Å². The zero-order valence-corrected chi connectivity index (χ0v) is 14.1. The molecule has 21 heavy (non-hydrogen) atoms. The number of hydrogen-bond acceptors (Lipinski definition) is 3. The standard InChI is InChI=1S/C15H29N3O2.ClH/c1-3-6-12(2)17-15(20)13-7-5-10-18(11-13)14(19)8-4-9-16;/h12-13H,3-11,16H2,1-2H3,(H,17,20);1H. The summed E-state index contributed by atoms with van der Waals surface area (Å²) in [4.78, 5) is 26.0. The minimum atomic E-state index is -0.0510. The van der Waals surface area contributed by atoms with Crippen LogP contribution in [0.25, 0.3) is 0 Å². The van der Waals surface area contributed by atoms with Crippen LogP contribution in [0.15, 0.2) is 0 Å². The van der Waals surface area contributed by atoms with Gasteiger partial charge in [0.2, 0.25) is 11.8 Å². The van der Waals surface area contributed by atoms with Crippen LogP contribution in [0.3, 0.4) is 0 Å². The van der Waals surface area contributed by atoms with Crippen molar-refractivity contribution in [2.75, 3.05) is 19.6 Å². The van der Waals surface area contributed by atoms with Gasteiger partial charge in [-0.3, -0.25) is 9.59 Å². The molecule has 0 aromatic rings. The lowest BCUT2D eigenvalue weighted by atomic mass is 9.96. The van der Waals surface area contributed by atoms with Gasteiger partial charge in [-0.2, -0.15) is 0 Å². The van der Waals surface area contributed by atoms with Crippen molar-refractivity contribution in [3.8, 4) is 0 Å². The second-order valence-electron chi connectivity index (χ2n) is 5.77. The Morgan fingerprint density at radius 3 is 2.76 bits per heavy atom. The number of halogens is 1. The van der Waals surface area contributed by atoms with Crippen molar-refractivity contribution in [3.63, 3.8) is 0 Å².